The van der Waals surface area contributed by atoms with E-state index in [1.165, 1.54) is 0 Å². The number of nitrogens with one attached hydrogen (secondary N) is 1. The van der Waals surface area contributed by atoms with Crippen molar-refractivity contribution >= 4 is 27.7 Å². The van der Waals surface area contributed by atoms with Gasteiger partial charge in [0, 0.05) is 39.8 Å². The molecule has 0 aliphatic carbocycles. The number of aromatic nitrogens is 2. The van der Waals surface area contributed by atoms with Crippen molar-refractivity contribution in [1.29, 1.82) is 0 Å². The summed E-state index contributed by atoms with van der Waals surface area (Å²) in [5, 5.41) is 3.27. The van der Waals surface area contributed by atoms with Crippen LogP contribution in [0.4, 0.5) is 11.8 Å². The lowest BCUT2D eigenvalue weighted by molar-refractivity contribution is 0.181. The molecule has 1 fully saturated rings. The van der Waals surface area contributed by atoms with Gasteiger partial charge in [0.05, 0.1) is 16.8 Å². The van der Waals surface area contributed by atoms with Gasteiger partial charge in [-0.2, -0.15) is 4.98 Å². The van der Waals surface area contributed by atoms with Gasteiger partial charge in [0.15, 0.2) is 0 Å². The van der Waals surface area contributed by atoms with Gasteiger partial charge in [0.2, 0.25) is 5.95 Å². The van der Waals surface area contributed by atoms with Crippen molar-refractivity contribution in [3.63, 3.8) is 0 Å². The van der Waals surface area contributed by atoms with E-state index in [0.717, 1.165) is 54.7 Å². The number of piperazine rings is 1. The standard InChI is InChI=1S/C13H22BrN5O/c1-4-15-12-11(14)10(9-20-3)16-13(17-12)19-7-5-18(2)6-8-19/h4-9H2,1-3H3,(H,15,16,17). The first-order chi connectivity index (χ1) is 9.65. The van der Waals surface area contributed by atoms with Crippen LogP contribution in [0.5, 0.6) is 0 Å². The summed E-state index contributed by atoms with van der Waals surface area (Å²) in [6.07, 6.45) is 0. The maximum absolute atomic E-state index is 5.23. The first-order valence-corrected chi connectivity index (χ1v) is 7.67. The summed E-state index contributed by atoms with van der Waals surface area (Å²) in [6.45, 7) is 7.34. The number of halogens is 1. The van der Waals surface area contributed by atoms with Crippen molar-refractivity contribution in [2.24, 2.45) is 0 Å². The Kier molecular flexibility index (Phi) is 5.56. The molecule has 1 aliphatic heterocycles. The van der Waals surface area contributed by atoms with E-state index in [0.29, 0.717) is 6.61 Å². The number of ether oxygens (including phenoxy) is 1. The molecule has 0 spiro atoms. The molecule has 0 bridgehead atoms. The summed E-state index contributed by atoms with van der Waals surface area (Å²) in [5.74, 6) is 1.62. The van der Waals surface area contributed by atoms with Crippen LogP contribution in [-0.4, -0.2) is 61.7 Å². The second-order valence-corrected chi connectivity index (χ2v) is 5.68. The fourth-order valence-electron chi connectivity index (χ4n) is 2.15. The Morgan fingerprint density at radius 1 is 1.25 bits per heavy atom. The molecule has 20 heavy (non-hydrogen) atoms. The minimum absolute atomic E-state index is 0.474. The van der Waals surface area contributed by atoms with Crippen LogP contribution in [-0.2, 0) is 11.3 Å². The maximum atomic E-state index is 5.23. The summed E-state index contributed by atoms with van der Waals surface area (Å²) in [6, 6.07) is 0. The molecule has 0 amide bonds. The molecule has 1 aromatic heterocycles. The maximum Gasteiger partial charge on any atom is 0.227 e. The Bertz CT molecular complexity index is 421. The molecule has 1 saturated heterocycles. The fourth-order valence-corrected chi connectivity index (χ4v) is 2.58. The van der Waals surface area contributed by atoms with Crippen molar-refractivity contribution < 1.29 is 4.74 Å². The SMILES string of the molecule is CCNc1nc(N2CCN(C)CC2)nc(COC)c1Br. The van der Waals surface area contributed by atoms with Gasteiger partial charge in [0.1, 0.15) is 5.82 Å². The summed E-state index contributed by atoms with van der Waals surface area (Å²) in [4.78, 5) is 13.8. The van der Waals surface area contributed by atoms with E-state index in [1.807, 2.05) is 0 Å². The average Bonchev–Trinajstić information content (AvgIpc) is 2.44. The van der Waals surface area contributed by atoms with Gasteiger partial charge in [-0.15, -0.1) is 0 Å². The van der Waals surface area contributed by atoms with E-state index < -0.39 is 0 Å². The van der Waals surface area contributed by atoms with Gasteiger partial charge in [-0.3, -0.25) is 0 Å². The molecular weight excluding hydrogens is 322 g/mol. The number of hydrogen-bond acceptors (Lipinski definition) is 6. The van der Waals surface area contributed by atoms with Crippen molar-refractivity contribution in [2.75, 3.05) is 57.1 Å². The van der Waals surface area contributed by atoms with E-state index >= 15 is 0 Å². The highest BCUT2D eigenvalue weighted by Crippen LogP contribution is 2.27. The molecule has 6 nitrogen and oxygen atoms in total. The Morgan fingerprint density at radius 2 is 1.95 bits per heavy atom. The van der Waals surface area contributed by atoms with Gasteiger partial charge in [0.25, 0.3) is 0 Å². The van der Waals surface area contributed by atoms with Crippen molar-refractivity contribution in [1.82, 2.24) is 14.9 Å². The summed E-state index contributed by atoms with van der Waals surface area (Å²) in [7, 11) is 3.82. The van der Waals surface area contributed by atoms with E-state index in [9.17, 15) is 0 Å². The number of hydrogen-bond donors (Lipinski definition) is 1. The van der Waals surface area contributed by atoms with Crippen LogP contribution >= 0.6 is 15.9 Å². The number of methoxy groups -OCH3 is 1. The highest BCUT2D eigenvalue weighted by Gasteiger charge is 2.19. The molecule has 7 heteroatoms. The van der Waals surface area contributed by atoms with Crippen LogP contribution < -0.4 is 10.2 Å². The van der Waals surface area contributed by atoms with Gasteiger partial charge in [-0.1, -0.05) is 0 Å². The van der Waals surface area contributed by atoms with Gasteiger partial charge in [-0.05, 0) is 29.9 Å². The van der Waals surface area contributed by atoms with Crippen molar-refractivity contribution in [3.05, 3.63) is 10.2 Å². The van der Waals surface area contributed by atoms with E-state index in [1.54, 1.807) is 7.11 Å². The third-order valence-corrected chi connectivity index (χ3v) is 4.15. The zero-order valence-corrected chi connectivity index (χ0v) is 13.9. The Balaban J connectivity index is 2.27. The summed E-state index contributed by atoms with van der Waals surface area (Å²) < 4.78 is 6.11. The van der Waals surface area contributed by atoms with Crippen molar-refractivity contribution in [3.8, 4) is 0 Å². The second-order valence-electron chi connectivity index (χ2n) is 4.89. The minimum atomic E-state index is 0.474. The molecule has 112 valence electrons. The normalized spacial score (nSPS) is 16.5. The topological polar surface area (TPSA) is 53.5 Å². The molecule has 1 aliphatic rings. The number of anilines is 2. The fraction of sp³-hybridized carbons (Fsp3) is 0.692. The number of likely N-dealkylation sites (N-methyl/N-ethyl adjacent to an activating group) is 1. The highest BCUT2D eigenvalue weighted by molar-refractivity contribution is 9.10. The smallest absolute Gasteiger partial charge is 0.227 e. The molecule has 2 heterocycles. The van der Waals surface area contributed by atoms with Gasteiger partial charge in [-0.25, -0.2) is 4.98 Å². The summed E-state index contributed by atoms with van der Waals surface area (Å²) in [5.41, 5.74) is 0.882. The molecule has 2 rings (SSSR count). The molecule has 0 atom stereocenters. The van der Waals surface area contributed by atoms with Crippen LogP contribution in [0.1, 0.15) is 12.6 Å². The molecule has 0 aromatic carbocycles. The first kappa shape index (κ1) is 15.5. The number of rotatable bonds is 5. The lowest BCUT2D eigenvalue weighted by Gasteiger charge is -2.32. The predicted octanol–water partition coefficient (Wildman–Crippen LogP) is 1.57. The number of nitrogens with zero attached hydrogens (tertiary/aromatic N) is 4. The Labute approximate surface area is 128 Å². The Hall–Kier alpha value is -0.920. The van der Waals surface area contributed by atoms with E-state index in [-0.39, 0.29) is 0 Å². The Morgan fingerprint density at radius 3 is 2.55 bits per heavy atom. The largest absolute Gasteiger partial charge is 0.378 e. The van der Waals surface area contributed by atoms with Gasteiger partial charge >= 0.3 is 0 Å². The highest BCUT2D eigenvalue weighted by atomic mass is 79.9. The molecule has 1 N–H and O–H groups in total. The van der Waals surface area contributed by atoms with Crippen LogP contribution in [0.25, 0.3) is 0 Å². The lowest BCUT2D eigenvalue weighted by atomic mass is 10.3. The van der Waals surface area contributed by atoms with Crippen LogP contribution in [0.3, 0.4) is 0 Å². The third kappa shape index (κ3) is 3.59. The monoisotopic (exact) mass is 343 g/mol. The van der Waals surface area contributed by atoms with Crippen molar-refractivity contribution in [2.45, 2.75) is 13.5 Å². The van der Waals surface area contributed by atoms with Crippen LogP contribution in [0.2, 0.25) is 0 Å². The first-order valence-electron chi connectivity index (χ1n) is 6.88. The molecule has 1 aromatic rings. The van der Waals surface area contributed by atoms with E-state index in [2.05, 4.69) is 55.0 Å². The van der Waals surface area contributed by atoms with Crippen LogP contribution in [0, 0.1) is 0 Å². The average molecular weight is 344 g/mol. The second kappa shape index (κ2) is 7.19. The summed E-state index contributed by atoms with van der Waals surface area (Å²) >= 11 is 3.56. The molecular formula is C13H22BrN5O. The quantitative estimate of drug-likeness (QED) is 0.875. The van der Waals surface area contributed by atoms with E-state index in [4.69, 9.17) is 4.74 Å². The molecule has 0 unspecified atom stereocenters. The zero-order valence-electron chi connectivity index (χ0n) is 12.3. The third-order valence-electron chi connectivity index (χ3n) is 3.32. The van der Waals surface area contributed by atoms with Gasteiger partial charge < -0.3 is 19.9 Å². The molecule has 0 radical (unpaired) electrons. The zero-order chi connectivity index (χ0) is 14.5. The molecule has 0 saturated carbocycles. The lowest BCUT2D eigenvalue weighted by Crippen LogP contribution is -2.45. The minimum Gasteiger partial charge on any atom is -0.378 e. The predicted molar refractivity (Wildman–Crippen MR) is 84.3 cm³/mol. The van der Waals surface area contributed by atoms with Crippen LogP contribution in [0.15, 0.2) is 4.47 Å².